The summed E-state index contributed by atoms with van der Waals surface area (Å²) < 4.78 is 0. The number of anilines is 1. The highest BCUT2D eigenvalue weighted by atomic mass is 15.4. The van der Waals surface area contributed by atoms with Gasteiger partial charge in [-0.1, -0.05) is 30.3 Å². The van der Waals surface area contributed by atoms with Crippen LogP contribution in [0.1, 0.15) is 12.5 Å². The van der Waals surface area contributed by atoms with Gasteiger partial charge in [-0.15, -0.1) is 0 Å². The molecule has 20 heavy (non-hydrogen) atoms. The molecule has 0 bridgehead atoms. The lowest BCUT2D eigenvalue weighted by Crippen LogP contribution is -2.44. The Hall–Kier alpha value is -2.33. The molecule has 2 aromatic rings. The van der Waals surface area contributed by atoms with Crippen LogP contribution in [0.2, 0.25) is 0 Å². The highest BCUT2D eigenvalue weighted by Crippen LogP contribution is 2.18. The van der Waals surface area contributed by atoms with Crippen molar-refractivity contribution >= 4 is 17.3 Å². The van der Waals surface area contributed by atoms with Crippen LogP contribution in [0, 0.1) is 6.92 Å². The van der Waals surface area contributed by atoms with E-state index in [9.17, 15) is 0 Å². The maximum absolute atomic E-state index is 5.65. The molecule has 0 aliphatic carbocycles. The molecule has 0 saturated carbocycles. The Morgan fingerprint density at radius 2 is 1.90 bits per heavy atom. The third-order valence-corrected chi connectivity index (χ3v) is 3.01. The maximum Gasteiger partial charge on any atom is 0.218 e. The first-order chi connectivity index (χ1) is 9.74. The van der Waals surface area contributed by atoms with E-state index in [1.807, 2.05) is 47.4 Å². The Balaban J connectivity index is 2.35. The number of rotatable bonds is 3. The van der Waals surface area contributed by atoms with Crippen LogP contribution in [0.4, 0.5) is 11.4 Å². The van der Waals surface area contributed by atoms with Crippen molar-refractivity contribution in [2.45, 2.75) is 13.8 Å². The van der Waals surface area contributed by atoms with E-state index in [1.165, 1.54) is 5.56 Å². The highest BCUT2D eigenvalue weighted by molar-refractivity contribution is 5.97. The van der Waals surface area contributed by atoms with Gasteiger partial charge >= 0.3 is 0 Å². The fourth-order valence-corrected chi connectivity index (χ4v) is 2.05. The Morgan fingerprint density at radius 3 is 2.50 bits per heavy atom. The molecule has 104 valence electrons. The molecule has 0 unspecified atom stereocenters. The number of aryl methyl sites for hydroxylation is 1. The van der Waals surface area contributed by atoms with Crippen LogP contribution in [-0.2, 0) is 0 Å². The SMILES string of the molecule is CCN(C(=Nc1ccccc1)NN)c1cccc(C)c1. The van der Waals surface area contributed by atoms with Gasteiger partial charge in [0, 0.05) is 12.2 Å². The molecule has 0 heterocycles. The van der Waals surface area contributed by atoms with Crippen molar-refractivity contribution in [3.63, 3.8) is 0 Å². The van der Waals surface area contributed by atoms with Crippen molar-refractivity contribution in [1.29, 1.82) is 0 Å². The summed E-state index contributed by atoms with van der Waals surface area (Å²) in [4.78, 5) is 6.60. The van der Waals surface area contributed by atoms with Crippen LogP contribution in [0.3, 0.4) is 0 Å². The number of aliphatic imine (C=N–C) groups is 1. The van der Waals surface area contributed by atoms with Gasteiger partial charge in [-0.25, -0.2) is 10.8 Å². The number of hydrogen-bond donors (Lipinski definition) is 2. The molecule has 0 aromatic heterocycles. The third kappa shape index (κ3) is 3.36. The predicted octanol–water partition coefficient (Wildman–Crippen LogP) is 2.97. The minimum absolute atomic E-state index is 0.629. The lowest BCUT2D eigenvalue weighted by Gasteiger charge is -2.24. The van der Waals surface area contributed by atoms with Crippen LogP contribution in [-0.4, -0.2) is 12.5 Å². The number of para-hydroxylation sites is 1. The van der Waals surface area contributed by atoms with Crippen molar-refractivity contribution in [2.75, 3.05) is 11.4 Å². The Kier molecular flexibility index (Phi) is 4.74. The molecule has 2 aromatic carbocycles. The smallest absolute Gasteiger partial charge is 0.218 e. The van der Waals surface area contributed by atoms with Gasteiger partial charge < -0.3 is 4.90 Å². The quantitative estimate of drug-likeness (QED) is 0.389. The summed E-state index contributed by atoms with van der Waals surface area (Å²) in [5.74, 6) is 6.28. The van der Waals surface area contributed by atoms with Crippen LogP contribution in [0.5, 0.6) is 0 Å². The van der Waals surface area contributed by atoms with Crippen molar-refractivity contribution in [3.8, 4) is 0 Å². The molecule has 2 rings (SSSR count). The first kappa shape index (κ1) is 14.1. The zero-order chi connectivity index (χ0) is 14.4. The highest BCUT2D eigenvalue weighted by Gasteiger charge is 2.11. The van der Waals surface area contributed by atoms with Crippen LogP contribution in [0.15, 0.2) is 59.6 Å². The van der Waals surface area contributed by atoms with E-state index in [1.54, 1.807) is 0 Å². The van der Waals surface area contributed by atoms with Gasteiger partial charge in [-0.3, -0.25) is 5.43 Å². The van der Waals surface area contributed by atoms with E-state index < -0.39 is 0 Å². The van der Waals surface area contributed by atoms with Gasteiger partial charge in [-0.05, 0) is 43.7 Å². The van der Waals surface area contributed by atoms with E-state index >= 15 is 0 Å². The zero-order valence-corrected chi connectivity index (χ0v) is 11.9. The maximum atomic E-state index is 5.65. The molecule has 4 heteroatoms. The molecule has 0 aliphatic rings. The molecule has 0 aliphatic heterocycles. The van der Waals surface area contributed by atoms with Crippen LogP contribution < -0.4 is 16.2 Å². The summed E-state index contributed by atoms with van der Waals surface area (Å²) in [5, 5.41) is 0. The van der Waals surface area contributed by atoms with Gasteiger partial charge in [-0.2, -0.15) is 0 Å². The second-order valence-corrected chi connectivity index (χ2v) is 4.50. The Morgan fingerprint density at radius 1 is 1.15 bits per heavy atom. The molecular weight excluding hydrogens is 248 g/mol. The molecule has 0 atom stereocenters. The fraction of sp³-hybridized carbons (Fsp3) is 0.188. The summed E-state index contributed by atoms with van der Waals surface area (Å²) in [7, 11) is 0. The molecule has 4 nitrogen and oxygen atoms in total. The summed E-state index contributed by atoms with van der Waals surface area (Å²) in [5.41, 5.74) is 5.84. The monoisotopic (exact) mass is 268 g/mol. The number of guanidine groups is 1. The van der Waals surface area contributed by atoms with Crippen molar-refractivity contribution < 1.29 is 0 Å². The minimum atomic E-state index is 0.629. The largest absolute Gasteiger partial charge is 0.312 e. The molecule has 0 radical (unpaired) electrons. The number of benzene rings is 2. The first-order valence-corrected chi connectivity index (χ1v) is 6.69. The van der Waals surface area contributed by atoms with Crippen LogP contribution >= 0.6 is 0 Å². The van der Waals surface area contributed by atoms with E-state index in [2.05, 4.69) is 36.4 Å². The number of hydrogen-bond acceptors (Lipinski definition) is 2. The van der Waals surface area contributed by atoms with Gasteiger partial charge in [0.05, 0.1) is 5.69 Å². The number of nitrogens with one attached hydrogen (secondary N) is 1. The standard InChI is InChI=1S/C16H20N4/c1-3-20(15-11-7-8-13(2)12-15)16(19-17)18-14-9-5-4-6-10-14/h4-12H,3,17H2,1-2H3,(H,18,19). The van der Waals surface area contributed by atoms with Gasteiger partial charge in [0.1, 0.15) is 0 Å². The molecule has 3 N–H and O–H groups in total. The fourth-order valence-electron chi connectivity index (χ4n) is 2.05. The lowest BCUT2D eigenvalue weighted by atomic mass is 10.2. The van der Waals surface area contributed by atoms with E-state index in [-0.39, 0.29) is 0 Å². The average Bonchev–Trinajstić information content (AvgIpc) is 2.48. The van der Waals surface area contributed by atoms with Gasteiger partial charge in [0.25, 0.3) is 0 Å². The van der Waals surface area contributed by atoms with E-state index in [4.69, 9.17) is 5.84 Å². The number of nitrogens with two attached hydrogens (primary N) is 1. The summed E-state index contributed by atoms with van der Waals surface area (Å²) in [6, 6.07) is 18.0. The molecule has 0 fully saturated rings. The molecule has 0 saturated heterocycles. The number of hydrazine groups is 1. The molecular formula is C16H20N4. The third-order valence-electron chi connectivity index (χ3n) is 3.01. The second-order valence-electron chi connectivity index (χ2n) is 4.50. The van der Waals surface area contributed by atoms with Gasteiger partial charge in [0.2, 0.25) is 5.96 Å². The predicted molar refractivity (Wildman–Crippen MR) is 85.1 cm³/mol. The Labute approximate surface area is 119 Å². The summed E-state index contributed by atoms with van der Waals surface area (Å²) in [6.45, 7) is 4.92. The second kappa shape index (κ2) is 6.73. The van der Waals surface area contributed by atoms with Crippen molar-refractivity contribution in [1.82, 2.24) is 5.43 Å². The minimum Gasteiger partial charge on any atom is -0.312 e. The lowest BCUT2D eigenvalue weighted by molar-refractivity contribution is 0.933. The molecule has 0 spiro atoms. The topological polar surface area (TPSA) is 53.6 Å². The summed E-state index contributed by atoms with van der Waals surface area (Å²) >= 11 is 0. The molecule has 0 amide bonds. The van der Waals surface area contributed by atoms with Crippen LogP contribution in [0.25, 0.3) is 0 Å². The van der Waals surface area contributed by atoms with Gasteiger partial charge in [0.15, 0.2) is 0 Å². The van der Waals surface area contributed by atoms with E-state index in [0.717, 1.165) is 17.9 Å². The van der Waals surface area contributed by atoms with Crippen molar-refractivity contribution in [3.05, 3.63) is 60.2 Å². The summed E-state index contributed by atoms with van der Waals surface area (Å²) in [6.07, 6.45) is 0. The van der Waals surface area contributed by atoms with Crippen molar-refractivity contribution in [2.24, 2.45) is 10.8 Å². The normalized spacial score (nSPS) is 11.2. The average molecular weight is 268 g/mol. The first-order valence-electron chi connectivity index (χ1n) is 6.69. The number of nitrogens with zero attached hydrogens (tertiary/aromatic N) is 2. The Bertz CT molecular complexity index is 578. The zero-order valence-electron chi connectivity index (χ0n) is 11.9. The van der Waals surface area contributed by atoms with E-state index in [0.29, 0.717) is 5.96 Å².